The van der Waals surface area contributed by atoms with Crippen LogP contribution in [0.5, 0.6) is 0 Å². The Morgan fingerprint density at radius 3 is 3.00 bits per heavy atom. The second-order valence-electron chi connectivity index (χ2n) is 4.63. The zero-order valence-corrected chi connectivity index (χ0v) is 11.6. The quantitative estimate of drug-likeness (QED) is 0.939. The molecule has 0 bridgehead atoms. The van der Waals surface area contributed by atoms with Crippen molar-refractivity contribution in [2.45, 2.75) is 12.5 Å². The molecule has 104 valence electrons. The average Bonchev–Trinajstić information content (AvgIpc) is 3.01. The summed E-state index contributed by atoms with van der Waals surface area (Å²) in [6.45, 7) is 0.475. The van der Waals surface area contributed by atoms with Crippen LogP contribution in [0.1, 0.15) is 23.3 Å². The number of nitrogens with one attached hydrogen (secondary N) is 1. The van der Waals surface area contributed by atoms with Gasteiger partial charge in [0.1, 0.15) is 6.04 Å². The SMILES string of the molecule is CN1C(=O)NCC1c1nc(Cc2ccccc2Cl)no1. The Bertz CT molecular complexity index is 643. The molecular formula is C13H13ClN4O2. The van der Waals surface area contributed by atoms with Crippen LogP contribution in [-0.2, 0) is 6.42 Å². The molecule has 1 fully saturated rings. The fourth-order valence-electron chi connectivity index (χ4n) is 2.13. The van der Waals surface area contributed by atoms with Gasteiger partial charge in [0.05, 0.1) is 0 Å². The predicted molar refractivity (Wildman–Crippen MR) is 72.5 cm³/mol. The maximum atomic E-state index is 11.4. The summed E-state index contributed by atoms with van der Waals surface area (Å²) in [5.74, 6) is 0.994. The molecule has 1 aromatic carbocycles. The standard InChI is InChI=1S/C13H13ClN4O2/c1-18-10(7-15-13(18)19)12-16-11(17-20-12)6-8-4-2-3-5-9(8)14/h2-5,10H,6-7H2,1H3,(H,15,19). The summed E-state index contributed by atoms with van der Waals surface area (Å²) in [7, 11) is 1.70. The number of urea groups is 1. The van der Waals surface area contributed by atoms with Crippen LogP contribution in [0.4, 0.5) is 4.79 Å². The van der Waals surface area contributed by atoms with Crippen LogP contribution >= 0.6 is 11.6 Å². The molecule has 0 spiro atoms. The van der Waals surface area contributed by atoms with Gasteiger partial charge in [-0.1, -0.05) is 35.0 Å². The second-order valence-corrected chi connectivity index (χ2v) is 5.04. The number of likely N-dealkylation sites (N-methyl/N-ethyl adjacent to an activating group) is 1. The molecule has 2 heterocycles. The Kier molecular flexibility index (Phi) is 3.31. The molecule has 0 aliphatic carbocycles. The van der Waals surface area contributed by atoms with Gasteiger partial charge in [0.2, 0.25) is 0 Å². The van der Waals surface area contributed by atoms with Crippen molar-refractivity contribution in [3.63, 3.8) is 0 Å². The zero-order chi connectivity index (χ0) is 14.1. The van der Waals surface area contributed by atoms with Crippen LogP contribution in [0.3, 0.4) is 0 Å². The van der Waals surface area contributed by atoms with Crippen molar-refractivity contribution < 1.29 is 9.32 Å². The van der Waals surface area contributed by atoms with Crippen LogP contribution in [0.25, 0.3) is 0 Å². The summed E-state index contributed by atoms with van der Waals surface area (Å²) in [6.07, 6.45) is 0.501. The summed E-state index contributed by atoms with van der Waals surface area (Å²) in [4.78, 5) is 17.3. The molecule has 1 aliphatic rings. The molecule has 6 nitrogen and oxygen atoms in total. The van der Waals surface area contributed by atoms with Gasteiger partial charge in [0.25, 0.3) is 5.89 Å². The van der Waals surface area contributed by atoms with E-state index in [1.807, 2.05) is 24.3 Å². The summed E-state index contributed by atoms with van der Waals surface area (Å²) in [5, 5.41) is 7.34. The Balaban J connectivity index is 1.78. The van der Waals surface area contributed by atoms with Gasteiger partial charge in [-0.3, -0.25) is 0 Å². The molecule has 1 aromatic heterocycles. The van der Waals surface area contributed by atoms with Gasteiger partial charge in [-0.05, 0) is 11.6 Å². The number of amides is 2. The van der Waals surface area contributed by atoms with E-state index in [9.17, 15) is 4.79 Å². The third-order valence-electron chi connectivity index (χ3n) is 3.31. The van der Waals surface area contributed by atoms with Gasteiger partial charge in [-0.15, -0.1) is 0 Å². The molecule has 1 saturated heterocycles. The van der Waals surface area contributed by atoms with Crippen LogP contribution in [0, 0.1) is 0 Å². The first-order valence-electron chi connectivity index (χ1n) is 6.21. The molecule has 3 rings (SSSR count). The maximum absolute atomic E-state index is 11.4. The van der Waals surface area contributed by atoms with E-state index in [0.717, 1.165) is 5.56 Å². The van der Waals surface area contributed by atoms with Crippen molar-refractivity contribution in [1.82, 2.24) is 20.4 Å². The Morgan fingerprint density at radius 2 is 2.30 bits per heavy atom. The molecule has 20 heavy (non-hydrogen) atoms. The zero-order valence-electron chi connectivity index (χ0n) is 10.8. The molecule has 1 atom stereocenters. The minimum Gasteiger partial charge on any atom is -0.337 e. The molecule has 7 heteroatoms. The number of benzene rings is 1. The lowest BCUT2D eigenvalue weighted by Crippen LogP contribution is -2.25. The van der Waals surface area contributed by atoms with E-state index in [4.69, 9.17) is 16.1 Å². The first-order valence-corrected chi connectivity index (χ1v) is 6.59. The highest BCUT2D eigenvalue weighted by molar-refractivity contribution is 6.31. The molecular weight excluding hydrogens is 280 g/mol. The minimum atomic E-state index is -0.213. The fraction of sp³-hybridized carbons (Fsp3) is 0.308. The molecule has 1 aliphatic heterocycles. The molecule has 1 unspecified atom stereocenters. The third kappa shape index (κ3) is 2.34. The maximum Gasteiger partial charge on any atom is 0.317 e. The number of aromatic nitrogens is 2. The topological polar surface area (TPSA) is 71.3 Å². The monoisotopic (exact) mass is 292 g/mol. The van der Waals surface area contributed by atoms with Crippen LogP contribution in [-0.4, -0.2) is 34.7 Å². The van der Waals surface area contributed by atoms with E-state index in [0.29, 0.717) is 29.7 Å². The number of rotatable bonds is 3. The van der Waals surface area contributed by atoms with E-state index in [1.165, 1.54) is 0 Å². The number of hydrogen-bond acceptors (Lipinski definition) is 4. The predicted octanol–water partition coefficient (Wildman–Crippen LogP) is 2.01. The number of hydrogen-bond donors (Lipinski definition) is 1. The van der Waals surface area contributed by atoms with Gasteiger partial charge in [0, 0.05) is 25.0 Å². The first kappa shape index (κ1) is 12.9. The summed E-state index contributed by atoms with van der Waals surface area (Å²) in [6, 6.07) is 7.18. The fourth-order valence-corrected chi connectivity index (χ4v) is 2.33. The van der Waals surface area contributed by atoms with Crippen molar-refractivity contribution in [2.75, 3.05) is 13.6 Å². The number of carbonyl (C=O) groups excluding carboxylic acids is 1. The van der Waals surface area contributed by atoms with E-state index >= 15 is 0 Å². The Hall–Kier alpha value is -2.08. The number of halogens is 1. The van der Waals surface area contributed by atoms with E-state index in [2.05, 4.69) is 15.5 Å². The Labute approximate surface area is 120 Å². The first-order chi connectivity index (χ1) is 9.65. The highest BCUT2D eigenvalue weighted by Crippen LogP contribution is 2.22. The molecule has 0 saturated carbocycles. The Morgan fingerprint density at radius 1 is 1.50 bits per heavy atom. The van der Waals surface area contributed by atoms with Crippen LogP contribution in [0.2, 0.25) is 5.02 Å². The van der Waals surface area contributed by atoms with Gasteiger partial charge in [-0.25, -0.2) is 4.79 Å². The van der Waals surface area contributed by atoms with Gasteiger partial charge >= 0.3 is 6.03 Å². The summed E-state index contributed by atoms with van der Waals surface area (Å²) < 4.78 is 5.24. The van der Waals surface area contributed by atoms with Gasteiger partial charge in [0.15, 0.2) is 5.82 Å². The van der Waals surface area contributed by atoms with Crippen molar-refractivity contribution in [2.24, 2.45) is 0 Å². The molecule has 2 aromatic rings. The van der Waals surface area contributed by atoms with E-state index < -0.39 is 0 Å². The molecule has 1 N–H and O–H groups in total. The number of carbonyl (C=O) groups is 1. The van der Waals surface area contributed by atoms with Gasteiger partial charge < -0.3 is 14.7 Å². The molecule has 2 amide bonds. The minimum absolute atomic E-state index is 0.138. The summed E-state index contributed by atoms with van der Waals surface area (Å²) >= 11 is 6.10. The van der Waals surface area contributed by atoms with Crippen LogP contribution in [0.15, 0.2) is 28.8 Å². The van der Waals surface area contributed by atoms with Crippen molar-refractivity contribution >= 4 is 17.6 Å². The van der Waals surface area contributed by atoms with Crippen molar-refractivity contribution in [3.05, 3.63) is 46.6 Å². The smallest absolute Gasteiger partial charge is 0.317 e. The average molecular weight is 293 g/mol. The normalized spacial score (nSPS) is 18.4. The van der Waals surface area contributed by atoms with E-state index in [1.54, 1.807) is 11.9 Å². The summed E-state index contributed by atoms with van der Waals surface area (Å²) in [5.41, 5.74) is 0.940. The highest BCUT2D eigenvalue weighted by atomic mass is 35.5. The van der Waals surface area contributed by atoms with Crippen molar-refractivity contribution in [3.8, 4) is 0 Å². The van der Waals surface area contributed by atoms with Gasteiger partial charge in [-0.2, -0.15) is 4.98 Å². The third-order valence-corrected chi connectivity index (χ3v) is 3.68. The highest BCUT2D eigenvalue weighted by Gasteiger charge is 2.32. The second kappa shape index (κ2) is 5.13. The number of nitrogens with zero attached hydrogens (tertiary/aromatic N) is 3. The van der Waals surface area contributed by atoms with Crippen molar-refractivity contribution in [1.29, 1.82) is 0 Å². The lowest BCUT2D eigenvalue weighted by Gasteiger charge is -2.12. The molecule has 0 radical (unpaired) electrons. The van der Waals surface area contributed by atoms with Crippen LogP contribution < -0.4 is 5.32 Å². The lowest BCUT2D eigenvalue weighted by molar-refractivity contribution is 0.207. The lowest BCUT2D eigenvalue weighted by atomic mass is 10.1. The van der Waals surface area contributed by atoms with E-state index in [-0.39, 0.29) is 12.1 Å². The largest absolute Gasteiger partial charge is 0.337 e.